The van der Waals surface area contributed by atoms with Gasteiger partial charge in [0.25, 0.3) is 6.47 Å². The Morgan fingerprint density at radius 3 is 1.94 bits per heavy atom. The van der Waals surface area contributed by atoms with Crippen molar-refractivity contribution in [2.75, 3.05) is 91.5 Å². The van der Waals surface area contributed by atoms with E-state index >= 15 is 14.4 Å². The minimum absolute atomic E-state index is 0.00983. The number of pyridine rings is 1. The number of aliphatic hydroxyl groups is 1. The van der Waals surface area contributed by atoms with Gasteiger partial charge in [-0.15, -0.1) is 11.8 Å². The van der Waals surface area contributed by atoms with Crippen molar-refractivity contribution in [2.45, 2.75) is 224 Å². The predicted octanol–water partition coefficient (Wildman–Crippen LogP) is 9.95. The van der Waals surface area contributed by atoms with Crippen LogP contribution in [-0.2, 0) is 90.5 Å². The Hall–Kier alpha value is -4.71. The van der Waals surface area contributed by atoms with Crippen molar-refractivity contribution in [3.8, 4) is 0 Å². The van der Waals surface area contributed by atoms with Crippen LogP contribution in [0.15, 0.2) is 29.4 Å². The molecule has 8 unspecified atom stereocenters. The molecule has 2 rings (SSSR count). The third kappa shape index (κ3) is 30.9. The molecule has 1 fully saturated rings. The number of carbonyl (C=O) groups excluding carboxylic acids is 8. The Labute approximate surface area is 615 Å². The maximum Gasteiger partial charge on any atom is 0.320 e. The number of unbranched alkanes of at least 4 members (excludes halogenated alkanes) is 1. The number of hydrogen-bond acceptors (Lipinski definition) is 27. The van der Waals surface area contributed by atoms with Gasteiger partial charge in [0.1, 0.15) is 53.8 Å². The molecule has 1 amide bonds. The second-order valence-corrected chi connectivity index (χ2v) is 33.5. The molecule has 1 saturated heterocycles. The smallest absolute Gasteiger partial charge is 0.320 e. The van der Waals surface area contributed by atoms with Crippen LogP contribution in [0.3, 0.4) is 0 Å². The molecule has 1 aliphatic rings. The summed E-state index contributed by atoms with van der Waals surface area (Å²) in [6.45, 7) is 30.1. The number of amides is 1. The molecule has 562 valence electrons. The summed E-state index contributed by atoms with van der Waals surface area (Å²) in [7, 11) is 9.42. The highest BCUT2D eigenvalue weighted by atomic mass is 33.1. The average Bonchev–Trinajstić information content (AvgIpc) is 0.774. The monoisotopic (exact) mass is 1500 g/mol. The molecule has 0 aliphatic carbocycles. The molecule has 25 nitrogen and oxygen atoms in total. The highest BCUT2D eigenvalue weighted by molar-refractivity contribution is 8.76. The second kappa shape index (κ2) is 44.8. The van der Waals surface area contributed by atoms with Crippen LogP contribution in [0.1, 0.15) is 155 Å². The van der Waals surface area contributed by atoms with E-state index in [4.69, 9.17) is 66.2 Å². The lowest BCUT2D eigenvalue weighted by molar-refractivity contribution is -0.288. The molecule has 0 aromatic carbocycles. The van der Waals surface area contributed by atoms with Crippen LogP contribution >= 0.6 is 57.3 Å². The minimum atomic E-state index is -1.85. The zero-order valence-electron chi connectivity index (χ0n) is 61.3. The van der Waals surface area contributed by atoms with Crippen LogP contribution in [0, 0.1) is 28.7 Å². The number of aliphatic hydroxyl groups excluding tert-OH is 1. The molecule has 0 saturated carbocycles. The lowest BCUT2D eigenvalue weighted by Crippen LogP contribution is -2.56. The van der Waals surface area contributed by atoms with Crippen LogP contribution in [0.25, 0.3) is 4.85 Å². The van der Waals surface area contributed by atoms with E-state index in [-0.39, 0.29) is 122 Å². The number of aliphatic carboxylic acids is 1. The summed E-state index contributed by atoms with van der Waals surface area (Å²) in [5, 5.41) is 21.8. The number of likely N-dealkylation sites (N-methyl/N-ethyl adjacent to an activating group) is 1. The van der Waals surface area contributed by atoms with Crippen molar-refractivity contribution in [3.63, 3.8) is 0 Å². The van der Waals surface area contributed by atoms with Gasteiger partial charge in [-0.05, 0) is 103 Å². The third-order valence-corrected chi connectivity index (χ3v) is 22.2. The van der Waals surface area contributed by atoms with Gasteiger partial charge in [0, 0.05) is 74.2 Å². The first-order valence-corrected chi connectivity index (χ1v) is 38.4. The largest absolute Gasteiger partial charge is 0.480 e. The van der Waals surface area contributed by atoms with Crippen LogP contribution in [0.2, 0.25) is 23.3 Å². The standard InChI is InChI=1S/C68H108B2N4O21S5/c1-18-21-29-89-57(82)62(9,41-68(25-19-2,56(80)81)99-61(96)97-20-3)39-64(11,58(83)90-31-28-74(16)17)44-70-66(13,59(84)92-36-37-98-100-51-24-22-23-27-72-51)40-63(10,55(79)73-38-46(4)76)43-69-67(14,42-65(12,71-15)26-30-87-45-75)60(85)91-35-33-86-32-34-88-54-53(95-50(8)78)52(94-49(7)77)47(5)48(6)93-54/h22-24,27,45-48,52-54,76H,18-21,25-26,28-44H2,1-14,16-17H3,(H,73,79)(H,80,81)/t46?,47-,48+,52-,53+,54+,62?,63?,64?,65?,66?,67?,68?/m0/s1. The number of nitrogens with one attached hydrogen (secondary N) is 1. The van der Waals surface area contributed by atoms with Gasteiger partial charge in [-0.2, -0.15) is 0 Å². The lowest BCUT2D eigenvalue weighted by Gasteiger charge is -2.43. The molecule has 32 heteroatoms. The second-order valence-electron chi connectivity index (χ2n) is 27.2. The number of carboxylic acids is 1. The van der Waals surface area contributed by atoms with Gasteiger partial charge in [-0.1, -0.05) is 115 Å². The first-order valence-electron chi connectivity index (χ1n) is 33.8. The molecular weight excluding hydrogens is 1390 g/mol. The Bertz CT molecular complexity index is 2840. The van der Waals surface area contributed by atoms with Crippen LogP contribution in [-0.4, -0.2) is 225 Å². The molecule has 100 heavy (non-hydrogen) atoms. The van der Waals surface area contributed by atoms with E-state index in [1.165, 1.54) is 68.3 Å². The van der Waals surface area contributed by atoms with Crippen molar-refractivity contribution in [2.24, 2.45) is 22.2 Å². The normalized spacial score (nSPS) is 20.5. The molecule has 0 spiro atoms. The summed E-state index contributed by atoms with van der Waals surface area (Å²) in [6, 6.07) is 5.45. The fourth-order valence-corrected chi connectivity index (χ4v) is 16.6. The van der Waals surface area contributed by atoms with Crippen molar-refractivity contribution >= 4 is 130 Å². The van der Waals surface area contributed by atoms with Crippen molar-refractivity contribution in [3.05, 3.63) is 35.8 Å². The first kappa shape index (κ1) is 91.4. The van der Waals surface area contributed by atoms with Crippen LogP contribution in [0.5, 0.6) is 0 Å². The zero-order valence-corrected chi connectivity index (χ0v) is 65.4. The molecule has 1 aliphatic heterocycles. The van der Waals surface area contributed by atoms with Gasteiger partial charge < -0.3 is 72.6 Å². The fraction of sp³-hybridized carbons (Fsp3) is 0.765. The number of carbonyl (C=O) groups is 9. The number of ether oxygens (including phenoxy) is 10. The van der Waals surface area contributed by atoms with Crippen LogP contribution < -0.4 is 5.32 Å². The molecule has 1 aromatic heterocycles. The first-order chi connectivity index (χ1) is 46.9. The van der Waals surface area contributed by atoms with E-state index in [0.29, 0.717) is 40.1 Å². The number of rotatable bonds is 50. The van der Waals surface area contributed by atoms with Gasteiger partial charge >= 0.3 is 41.8 Å². The number of hydrogen-bond donors (Lipinski definition) is 3. The van der Waals surface area contributed by atoms with E-state index in [9.17, 15) is 39.0 Å². The summed E-state index contributed by atoms with van der Waals surface area (Å²) in [4.78, 5) is 135. The fourth-order valence-electron chi connectivity index (χ4n) is 11.6. The van der Waals surface area contributed by atoms with E-state index < -0.39 is 122 Å². The van der Waals surface area contributed by atoms with Gasteiger partial charge in [0.15, 0.2) is 12.4 Å². The van der Waals surface area contributed by atoms with Crippen molar-refractivity contribution < 1.29 is 101 Å². The van der Waals surface area contributed by atoms with Crippen molar-refractivity contribution in [1.29, 1.82) is 0 Å². The summed E-state index contributed by atoms with van der Waals surface area (Å²) < 4.78 is 56.6. The predicted molar refractivity (Wildman–Crippen MR) is 392 cm³/mol. The molecule has 13 atom stereocenters. The minimum Gasteiger partial charge on any atom is -0.480 e. The summed E-state index contributed by atoms with van der Waals surface area (Å²) in [5.74, 6) is -5.81. The molecule has 0 bridgehead atoms. The van der Waals surface area contributed by atoms with Gasteiger partial charge in [-0.25, -0.2) is 11.6 Å². The average molecular weight is 1500 g/mol. The SMILES string of the molecule is [C-]#[N+]C(C)(CCOC=O)CC(C)([B]CC(C)(CC(C)([B]CC(C)(CC(C)(CC(CCC)(SC(=S)SCC)C(=O)O)C(=O)OCCCC)C(=O)OCCN(C)C)C(=O)OCCSSc1ccccn1)C(=O)NCC(C)O)C(=O)OCCOCCO[C@@H]1O[C@H](C)[C@H](C)[C@H](OC(C)=O)[C@H]1OC(C)=O. The summed E-state index contributed by atoms with van der Waals surface area (Å²) in [6.07, 6.45) is -3.28. The highest BCUT2D eigenvalue weighted by Gasteiger charge is 2.56. The number of nitrogens with zero attached hydrogens (tertiary/aromatic N) is 3. The summed E-state index contributed by atoms with van der Waals surface area (Å²) >= 11 is 8.01. The zero-order chi connectivity index (χ0) is 75.5. The van der Waals surface area contributed by atoms with E-state index in [1.54, 1.807) is 87.0 Å². The van der Waals surface area contributed by atoms with Gasteiger partial charge in [0.05, 0.1) is 62.5 Å². The maximum atomic E-state index is 15.4. The third-order valence-electron chi connectivity index (χ3n) is 17.1. The van der Waals surface area contributed by atoms with Crippen molar-refractivity contribution in [1.82, 2.24) is 15.2 Å². The number of thiocarbonyl (C=S) groups is 1. The van der Waals surface area contributed by atoms with Gasteiger partial charge in [-0.3, -0.25) is 43.2 Å². The molecule has 2 heterocycles. The van der Waals surface area contributed by atoms with E-state index in [1.807, 2.05) is 32.9 Å². The maximum absolute atomic E-state index is 15.4. The molecule has 2 radical (unpaired) electrons. The Balaban J connectivity index is 2.87. The molecule has 3 N–H and O–H groups in total. The Kier molecular flexibility index (Phi) is 41.0. The Morgan fingerprint density at radius 2 is 1.37 bits per heavy atom. The molecule has 1 aromatic rings. The lowest BCUT2D eigenvalue weighted by atomic mass is 9.39. The summed E-state index contributed by atoms with van der Waals surface area (Å²) in [5.41, 5.74) is -6.60. The quantitative estimate of drug-likeness (QED) is 0.00798. The molecular formula is C68H108B2N4O21S5. The van der Waals surface area contributed by atoms with E-state index in [0.717, 1.165) is 11.8 Å². The number of carboxylic acid groups (broad SMARTS) is 1. The van der Waals surface area contributed by atoms with Gasteiger partial charge in [0.2, 0.25) is 11.4 Å². The van der Waals surface area contributed by atoms with E-state index in [2.05, 4.69) is 15.1 Å². The number of thioether (sulfide) groups is 2. The highest BCUT2D eigenvalue weighted by Crippen LogP contribution is 2.53. The number of aromatic nitrogens is 1. The Morgan fingerprint density at radius 1 is 0.770 bits per heavy atom. The number of esters is 6. The van der Waals surface area contributed by atoms with Crippen LogP contribution in [0.4, 0.5) is 0 Å². The topological polar surface area (TPSA) is 319 Å².